The molecule has 0 heterocycles. The first-order chi connectivity index (χ1) is 16.8. The summed E-state index contributed by atoms with van der Waals surface area (Å²) in [6, 6.07) is 23.7. The lowest BCUT2D eigenvalue weighted by atomic mass is 10.1. The first kappa shape index (κ1) is 26.4. The predicted molar refractivity (Wildman–Crippen MR) is 138 cm³/mol. The van der Waals surface area contributed by atoms with Crippen LogP contribution < -0.4 is 14.8 Å². The van der Waals surface area contributed by atoms with Gasteiger partial charge in [0.05, 0.1) is 12.0 Å². The smallest absolute Gasteiger partial charge is 0.251 e. The number of carbonyl (C=O) groups excluding carboxylic acids is 1. The van der Waals surface area contributed by atoms with E-state index in [-0.39, 0.29) is 17.3 Å². The summed E-state index contributed by atoms with van der Waals surface area (Å²) in [7, 11) is -2.12. The molecule has 3 aromatic carbocycles. The summed E-state index contributed by atoms with van der Waals surface area (Å²) >= 11 is 0. The Hall–Kier alpha value is -3.20. The van der Waals surface area contributed by atoms with Gasteiger partial charge in [0.15, 0.2) is 0 Å². The molecular formula is C27H33N3O4S. The lowest BCUT2D eigenvalue weighted by Crippen LogP contribution is -2.38. The Morgan fingerprint density at radius 1 is 0.914 bits per heavy atom. The van der Waals surface area contributed by atoms with Crippen molar-refractivity contribution < 1.29 is 17.9 Å². The zero-order chi connectivity index (χ0) is 25.3. The Balaban J connectivity index is 1.49. The molecule has 186 valence electrons. The van der Waals surface area contributed by atoms with Crippen molar-refractivity contribution in [1.29, 1.82) is 0 Å². The predicted octanol–water partition coefficient (Wildman–Crippen LogP) is 3.81. The molecule has 0 aliphatic heterocycles. The summed E-state index contributed by atoms with van der Waals surface area (Å²) < 4.78 is 32.6. The first-order valence-electron chi connectivity index (χ1n) is 11.6. The maximum atomic E-state index is 12.6. The van der Waals surface area contributed by atoms with Crippen LogP contribution >= 0.6 is 0 Å². The summed E-state index contributed by atoms with van der Waals surface area (Å²) in [6.07, 6.45) is 0. The number of rotatable bonds is 12. The Labute approximate surface area is 208 Å². The fourth-order valence-corrected chi connectivity index (χ4v) is 4.56. The van der Waals surface area contributed by atoms with E-state index in [9.17, 15) is 13.2 Å². The van der Waals surface area contributed by atoms with Crippen LogP contribution in [0.25, 0.3) is 0 Å². The molecule has 3 aromatic rings. The van der Waals surface area contributed by atoms with Crippen molar-refractivity contribution in [1.82, 2.24) is 14.9 Å². The van der Waals surface area contributed by atoms with Crippen LogP contribution in [0.2, 0.25) is 0 Å². The van der Waals surface area contributed by atoms with Crippen LogP contribution in [0.1, 0.15) is 35.3 Å². The number of methoxy groups -OCH3 is 1. The number of nitrogens with zero attached hydrogens (tertiary/aromatic N) is 1. The molecule has 0 radical (unpaired) electrons. The zero-order valence-corrected chi connectivity index (χ0v) is 21.2. The Morgan fingerprint density at radius 3 is 2.17 bits per heavy atom. The van der Waals surface area contributed by atoms with Crippen molar-refractivity contribution >= 4 is 15.9 Å². The SMILES string of the molecule is COc1ccc(S(=O)(=O)NCc2ccc(C(=O)NCCN(Cc3ccccc3)C(C)C)cc2)cc1. The van der Waals surface area contributed by atoms with Gasteiger partial charge in [-0.25, -0.2) is 13.1 Å². The minimum absolute atomic E-state index is 0.124. The fraction of sp³-hybridized carbons (Fsp3) is 0.296. The quantitative estimate of drug-likeness (QED) is 0.399. The van der Waals surface area contributed by atoms with Crippen molar-refractivity contribution in [2.24, 2.45) is 0 Å². The van der Waals surface area contributed by atoms with Crippen LogP contribution in [-0.4, -0.2) is 45.5 Å². The Bertz CT molecular complexity index is 1180. The van der Waals surface area contributed by atoms with Gasteiger partial charge in [0.1, 0.15) is 5.75 Å². The molecule has 0 aliphatic carbocycles. The maximum Gasteiger partial charge on any atom is 0.251 e. The molecule has 0 fully saturated rings. The molecule has 0 unspecified atom stereocenters. The highest BCUT2D eigenvalue weighted by atomic mass is 32.2. The zero-order valence-electron chi connectivity index (χ0n) is 20.4. The number of nitrogens with one attached hydrogen (secondary N) is 2. The van der Waals surface area contributed by atoms with Crippen molar-refractivity contribution in [3.05, 3.63) is 95.6 Å². The molecule has 0 saturated carbocycles. The molecule has 0 aliphatic rings. The van der Waals surface area contributed by atoms with Crippen LogP contribution in [0.3, 0.4) is 0 Å². The van der Waals surface area contributed by atoms with E-state index in [4.69, 9.17) is 4.74 Å². The molecule has 35 heavy (non-hydrogen) atoms. The minimum Gasteiger partial charge on any atom is -0.497 e. The fourth-order valence-electron chi connectivity index (χ4n) is 3.54. The molecule has 0 bridgehead atoms. The van der Waals surface area contributed by atoms with Gasteiger partial charge in [-0.2, -0.15) is 0 Å². The molecule has 7 nitrogen and oxygen atoms in total. The van der Waals surface area contributed by atoms with E-state index in [0.29, 0.717) is 23.9 Å². The third kappa shape index (κ3) is 7.92. The number of ether oxygens (including phenoxy) is 1. The Kier molecular flexibility index (Phi) is 9.42. The van der Waals surface area contributed by atoms with Crippen LogP contribution in [0.15, 0.2) is 83.8 Å². The average molecular weight is 496 g/mol. The molecule has 2 N–H and O–H groups in total. The van der Waals surface area contributed by atoms with Crippen molar-refractivity contribution in [2.45, 2.75) is 37.9 Å². The maximum absolute atomic E-state index is 12.6. The highest BCUT2D eigenvalue weighted by Gasteiger charge is 2.14. The van der Waals surface area contributed by atoms with Crippen LogP contribution in [0.4, 0.5) is 0 Å². The van der Waals surface area contributed by atoms with E-state index >= 15 is 0 Å². The number of hydrogen-bond donors (Lipinski definition) is 2. The highest BCUT2D eigenvalue weighted by Crippen LogP contribution is 2.16. The third-order valence-corrected chi connectivity index (χ3v) is 7.11. The van der Waals surface area contributed by atoms with Gasteiger partial charge in [-0.15, -0.1) is 0 Å². The van der Waals surface area contributed by atoms with Gasteiger partial charge in [0.2, 0.25) is 10.0 Å². The summed E-state index contributed by atoms with van der Waals surface area (Å²) in [5.74, 6) is 0.435. The second kappa shape index (κ2) is 12.5. The van der Waals surface area contributed by atoms with Gasteiger partial charge < -0.3 is 10.1 Å². The largest absolute Gasteiger partial charge is 0.497 e. The van der Waals surface area contributed by atoms with Crippen LogP contribution in [-0.2, 0) is 23.1 Å². The molecule has 8 heteroatoms. The second-order valence-electron chi connectivity index (χ2n) is 8.50. The lowest BCUT2D eigenvalue weighted by molar-refractivity contribution is 0.0944. The summed E-state index contributed by atoms with van der Waals surface area (Å²) in [5.41, 5.74) is 2.53. The molecule has 3 rings (SSSR count). The minimum atomic E-state index is -3.65. The molecular weight excluding hydrogens is 462 g/mol. The normalized spacial score (nSPS) is 11.6. The molecule has 1 amide bonds. The van der Waals surface area contributed by atoms with Crippen molar-refractivity contribution in [2.75, 3.05) is 20.2 Å². The lowest BCUT2D eigenvalue weighted by Gasteiger charge is -2.26. The molecule has 0 spiro atoms. The van der Waals surface area contributed by atoms with Crippen LogP contribution in [0.5, 0.6) is 5.75 Å². The monoisotopic (exact) mass is 495 g/mol. The van der Waals surface area contributed by atoms with Crippen LogP contribution in [0, 0.1) is 0 Å². The number of sulfonamides is 1. The summed E-state index contributed by atoms with van der Waals surface area (Å²) in [4.78, 5) is 15.0. The van der Waals surface area contributed by atoms with Gasteiger partial charge in [-0.3, -0.25) is 9.69 Å². The number of amides is 1. The van der Waals surface area contributed by atoms with Gasteiger partial charge in [0.25, 0.3) is 5.91 Å². The molecule has 0 atom stereocenters. The van der Waals surface area contributed by atoms with E-state index < -0.39 is 10.0 Å². The van der Waals surface area contributed by atoms with Gasteiger partial charge in [0, 0.05) is 37.8 Å². The number of hydrogen-bond acceptors (Lipinski definition) is 5. The Morgan fingerprint density at radius 2 is 1.57 bits per heavy atom. The van der Waals surface area contributed by atoms with E-state index in [0.717, 1.165) is 18.7 Å². The van der Waals surface area contributed by atoms with E-state index in [1.807, 2.05) is 18.2 Å². The van der Waals surface area contributed by atoms with Gasteiger partial charge in [-0.05, 0) is 61.4 Å². The average Bonchev–Trinajstić information content (AvgIpc) is 2.87. The third-order valence-electron chi connectivity index (χ3n) is 5.70. The van der Waals surface area contributed by atoms with Gasteiger partial charge >= 0.3 is 0 Å². The summed E-state index contributed by atoms with van der Waals surface area (Å²) in [6.45, 7) is 6.52. The van der Waals surface area contributed by atoms with Crippen molar-refractivity contribution in [3.8, 4) is 5.75 Å². The summed E-state index contributed by atoms with van der Waals surface area (Å²) in [5, 5.41) is 2.97. The van der Waals surface area contributed by atoms with Gasteiger partial charge in [-0.1, -0.05) is 42.5 Å². The molecule has 0 aromatic heterocycles. The highest BCUT2D eigenvalue weighted by molar-refractivity contribution is 7.89. The van der Waals surface area contributed by atoms with E-state index in [1.54, 1.807) is 36.4 Å². The molecule has 0 saturated heterocycles. The number of carbonyl (C=O) groups is 1. The standard InChI is InChI=1S/C27H33N3O4S/c1-21(2)30(20-23-7-5-4-6-8-23)18-17-28-27(31)24-11-9-22(10-12-24)19-29-35(32,33)26-15-13-25(34-3)14-16-26/h4-16,21,29H,17-20H2,1-3H3,(H,28,31). The first-order valence-corrected chi connectivity index (χ1v) is 13.1. The topological polar surface area (TPSA) is 87.7 Å². The second-order valence-corrected chi connectivity index (χ2v) is 10.3. The van der Waals surface area contributed by atoms with Crippen molar-refractivity contribution in [3.63, 3.8) is 0 Å². The number of benzene rings is 3. The van der Waals surface area contributed by atoms with E-state index in [1.165, 1.54) is 24.8 Å². The van der Waals surface area contributed by atoms with E-state index in [2.05, 4.69) is 40.9 Å².